The van der Waals surface area contributed by atoms with Gasteiger partial charge in [-0.15, -0.1) is 34.0 Å². The second kappa shape index (κ2) is 21.3. The molecule has 4 nitrogen and oxygen atoms in total. The van der Waals surface area contributed by atoms with Crippen LogP contribution in [0, 0.1) is 19.8 Å². The van der Waals surface area contributed by atoms with E-state index in [4.69, 9.17) is 4.74 Å². The van der Waals surface area contributed by atoms with E-state index in [0.29, 0.717) is 36.6 Å². The van der Waals surface area contributed by atoms with E-state index in [1.54, 1.807) is 22.7 Å². The summed E-state index contributed by atoms with van der Waals surface area (Å²) in [4.78, 5) is 36.3. The van der Waals surface area contributed by atoms with Gasteiger partial charge in [0.2, 0.25) is 0 Å². The van der Waals surface area contributed by atoms with Gasteiger partial charge in [-0.25, -0.2) is 0 Å². The molecule has 1 aliphatic heterocycles. The molecule has 1 unspecified atom stereocenters. The lowest BCUT2D eigenvalue weighted by atomic mass is 9.94. The van der Waals surface area contributed by atoms with Crippen molar-refractivity contribution in [3.63, 3.8) is 0 Å². The molecule has 0 radical (unpaired) electrons. The fourth-order valence-corrected chi connectivity index (χ4v) is 10.5. The van der Waals surface area contributed by atoms with Gasteiger partial charge < -0.3 is 4.74 Å². The number of hydrogen-bond donors (Lipinski definition) is 0. The molecule has 0 fully saturated rings. The van der Waals surface area contributed by atoms with Crippen LogP contribution in [0.4, 0.5) is 0 Å². The zero-order valence-corrected chi connectivity index (χ0v) is 34.7. The molecule has 3 aromatic heterocycles. The maximum absolute atomic E-state index is 13.9. The van der Waals surface area contributed by atoms with Crippen LogP contribution in [-0.4, -0.2) is 36.5 Å². The highest BCUT2D eigenvalue weighted by molar-refractivity contribution is 7.27. The Morgan fingerprint density at radius 2 is 1.06 bits per heavy atom. The summed E-state index contributed by atoms with van der Waals surface area (Å²) in [6, 6.07) is 17.0. The van der Waals surface area contributed by atoms with Crippen molar-refractivity contribution in [1.29, 1.82) is 0 Å². The molecular formula is C45H61NO3S3. The van der Waals surface area contributed by atoms with Gasteiger partial charge in [-0.05, 0) is 81.0 Å². The van der Waals surface area contributed by atoms with Gasteiger partial charge in [0.1, 0.15) is 0 Å². The average Bonchev–Trinajstić information content (AvgIpc) is 3.95. The molecule has 1 aromatic carbocycles. The summed E-state index contributed by atoms with van der Waals surface area (Å²) in [6.07, 6.45) is 21.9. The first kappa shape index (κ1) is 40.6. The Bertz CT molecular complexity index is 1700. The van der Waals surface area contributed by atoms with Crippen molar-refractivity contribution in [3.05, 3.63) is 70.1 Å². The standard InChI is InChI=1S/C45H61NO3S3/c1-5-7-9-11-13-14-16-18-21-35(20-17-15-12-10-8-6-2)32-49-31-19-30-46-44(47)42-33(3)22-24-36(43(42)45(46)48)37-26-27-40(51-37)41-29-28-39(52-41)38-25-23-34(4)50-38/h22-29,35H,5-21,30-32H2,1-4H3. The van der Waals surface area contributed by atoms with Crippen LogP contribution in [0.5, 0.6) is 0 Å². The van der Waals surface area contributed by atoms with Crippen LogP contribution < -0.4 is 0 Å². The van der Waals surface area contributed by atoms with E-state index in [1.165, 1.54) is 132 Å². The molecule has 0 spiro atoms. The Kier molecular flexibility index (Phi) is 16.7. The lowest BCUT2D eigenvalue weighted by Gasteiger charge is -2.18. The summed E-state index contributed by atoms with van der Waals surface area (Å²) in [5.41, 5.74) is 2.84. The van der Waals surface area contributed by atoms with Crippen molar-refractivity contribution < 1.29 is 14.3 Å². The highest BCUT2D eigenvalue weighted by atomic mass is 32.1. The second-order valence-electron chi connectivity index (χ2n) is 14.8. The van der Waals surface area contributed by atoms with E-state index >= 15 is 0 Å². The number of carbonyl (C=O) groups is 2. The average molecular weight is 760 g/mol. The molecule has 0 bridgehead atoms. The number of thiophene rings is 3. The number of rotatable bonds is 25. The number of aryl methyl sites for hydroxylation is 2. The summed E-state index contributed by atoms with van der Waals surface area (Å²) < 4.78 is 6.27. The van der Waals surface area contributed by atoms with E-state index in [0.717, 1.165) is 22.6 Å². The van der Waals surface area contributed by atoms with Gasteiger partial charge in [0.05, 0.1) is 11.1 Å². The Balaban J connectivity index is 1.13. The van der Waals surface area contributed by atoms with E-state index in [2.05, 4.69) is 57.2 Å². The number of carbonyl (C=O) groups excluding carboxylic acids is 2. The molecule has 1 aliphatic rings. The first-order valence-corrected chi connectivity index (χ1v) is 22.7. The smallest absolute Gasteiger partial charge is 0.262 e. The summed E-state index contributed by atoms with van der Waals surface area (Å²) in [5.74, 6) is 0.267. The number of fused-ring (bicyclic) bond motifs is 1. The van der Waals surface area contributed by atoms with Gasteiger partial charge in [0.15, 0.2) is 0 Å². The number of unbranched alkanes of at least 4 members (excludes halogenated alkanes) is 12. The third-order valence-corrected chi connectivity index (χ3v) is 14.1. The zero-order valence-electron chi connectivity index (χ0n) is 32.2. The van der Waals surface area contributed by atoms with E-state index in [1.807, 2.05) is 30.4 Å². The first-order chi connectivity index (χ1) is 25.4. The highest BCUT2D eigenvalue weighted by Crippen LogP contribution is 2.44. The molecule has 2 amide bonds. The SMILES string of the molecule is CCCCCCCCCCC(CCCCCCCC)COCCCN1C(=O)c2c(C)ccc(-c3ccc(-c4ccc(-c5ccc(C)s5)s4)s3)c2C1=O. The number of hydrogen-bond acceptors (Lipinski definition) is 6. The minimum Gasteiger partial charge on any atom is -0.381 e. The molecule has 282 valence electrons. The predicted octanol–water partition coefficient (Wildman–Crippen LogP) is 14.4. The summed E-state index contributed by atoms with van der Waals surface area (Å²) >= 11 is 5.31. The minimum absolute atomic E-state index is 0.166. The fraction of sp³-hybridized carbons (Fsp3) is 0.556. The molecule has 7 heteroatoms. The molecule has 4 aromatic rings. The van der Waals surface area contributed by atoms with Gasteiger partial charge >= 0.3 is 0 Å². The van der Waals surface area contributed by atoms with Crippen LogP contribution in [0.2, 0.25) is 0 Å². The highest BCUT2D eigenvalue weighted by Gasteiger charge is 2.38. The minimum atomic E-state index is -0.171. The summed E-state index contributed by atoms with van der Waals surface area (Å²) in [6.45, 7) is 10.4. The summed E-state index contributed by atoms with van der Waals surface area (Å²) in [5, 5.41) is 0. The van der Waals surface area contributed by atoms with Gasteiger partial charge in [0.25, 0.3) is 11.8 Å². The zero-order chi connectivity index (χ0) is 36.7. The topological polar surface area (TPSA) is 46.6 Å². The van der Waals surface area contributed by atoms with Crippen LogP contribution in [0.1, 0.15) is 154 Å². The molecule has 0 aliphatic carbocycles. The molecule has 0 saturated heterocycles. The Morgan fingerprint density at radius 1 is 0.558 bits per heavy atom. The van der Waals surface area contributed by atoms with Gasteiger partial charge in [-0.1, -0.05) is 116 Å². The third kappa shape index (κ3) is 11.2. The van der Waals surface area contributed by atoms with Crippen molar-refractivity contribution >= 4 is 45.8 Å². The molecule has 0 N–H and O–H groups in total. The quantitative estimate of drug-likeness (QED) is 0.0499. The number of amides is 2. The van der Waals surface area contributed by atoms with Crippen molar-refractivity contribution in [2.75, 3.05) is 19.8 Å². The van der Waals surface area contributed by atoms with Gasteiger partial charge in [-0.3, -0.25) is 14.5 Å². The van der Waals surface area contributed by atoms with Gasteiger partial charge in [0, 0.05) is 54.6 Å². The van der Waals surface area contributed by atoms with Crippen LogP contribution in [0.25, 0.3) is 29.9 Å². The molecule has 0 saturated carbocycles. The summed E-state index contributed by atoms with van der Waals surface area (Å²) in [7, 11) is 0. The van der Waals surface area contributed by atoms with Crippen LogP contribution >= 0.6 is 34.0 Å². The number of benzene rings is 1. The molecule has 52 heavy (non-hydrogen) atoms. The Hall–Kier alpha value is -2.58. The molecule has 4 heterocycles. The van der Waals surface area contributed by atoms with Crippen LogP contribution in [-0.2, 0) is 4.74 Å². The Labute approximate surface area is 326 Å². The van der Waals surface area contributed by atoms with E-state index in [9.17, 15) is 9.59 Å². The monoisotopic (exact) mass is 759 g/mol. The fourth-order valence-electron chi connectivity index (χ4n) is 7.43. The molecule has 5 rings (SSSR count). The van der Waals surface area contributed by atoms with Crippen molar-refractivity contribution in [2.45, 2.75) is 137 Å². The largest absolute Gasteiger partial charge is 0.381 e. The lowest BCUT2D eigenvalue weighted by Crippen LogP contribution is -2.31. The molecule has 1 atom stereocenters. The normalized spacial score (nSPS) is 13.4. The van der Waals surface area contributed by atoms with Crippen molar-refractivity contribution in [2.24, 2.45) is 5.92 Å². The number of nitrogens with zero attached hydrogens (tertiary/aromatic N) is 1. The Morgan fingerprint density at radius 3 is 1.63 bits per heavy atom. The first-order valence-electron chi connectivity index (χ1n) is 20.3. The van der Waals surface area contributed by atoms with E-state index in [-0.39, 0.29) is 11.8 Å². The predicted molar refractivity (Wildman–Crippen MR) is 225 cm³/mol. The van der Waals surface area contributed by atoms with Crippen molar-refractivity contribution in [3.8, 4) is 29.9 Å². The van der Waals surface area contributed by atoms with Crippen LogP contribution in [0.15, 0.2) is 48.5 Å². The van der Waals surface area contributed by atoms with Crippen molar-refractivity contribution in [1.82, 2.24) is 4.90 Å². The maximum atomic E-state index is 13.9. The lowest BCUT2D eigenvalue weighted by molar-refractivity contribution is 0.0597. The van der Waals surface area contributed by atoms with Crippen LogP contribution in [0.3, 0.4) is 0 Å². The van der Waals surface area contributed by atoms with E-state index < -0.39 is 0 Å². The second-order valence-corrected chi connectivity index (χ2v) is 18.2. The maximum Gasteiger partial charge on any atom is 0.262 e. The van der Waals surface area contributed by atoms with Gasteiger partial charge in [-0.2, -0.15) is 0 Å². The molecular weight excluding hydrogens is 699 g/mol. The number of imide groups is 1. The third-order valence-electron chi connectivity index (χ3n) is 10.5. The number of ether oxygens (including phenoxy) is 1.